The summed E-state index contributed by atoms with van der Waals surface area (Å²) in [6, 6.07) is 18.8. The van der Waals surface area contributed by atoms with Crippen LogP contribution >= 0.6 is 15.9 Å². The smallest absolute Gasteiger partial charge is 0.0949 e. The fourth-order valence-electron chi connectivity index (χ4n) is 3.83. The Hall–Kier alpha value is -2.57. The van der Waals surface area contributed by atoms with Crippen LogP contribution in [-0.4, -0.2) is 16.3 Å². The second-order valence-electron chi connectivity index (χ2n) is 8.79. The molecule has 4 rings (SSSR count). The Labute approximate surface area is 187 Å². The van der Waals surface area contributed by atoms with Crippen LogP contribution in [0.1, 0.15) is 51.2 Å². The summed E-state index contributed by atoms with van der Waals surface area (Å²) in [7, 11) is 0. The number of allylic oxidation sites excluding steroid dienone is 2. The Kier molecular flexibility index (Phi) is 5.97. The van der Waals surface area contributed by atoms with Gasteiger partial charge in [0, 0.05) is 40.4 Å². The van der Waals surface area contributed by atoms with E-state index in [0.717, 1.165) is 35.1 Å². The van der Waals surface area contributed by atoms with Gasteiger partial charge in [0.15, 0.2) is 0 Å². The molecule has 3 aromatic rings. The lowest BCUT2D eigenvalue weighted by atomic mass is 10.1. The SMILES string of the molecule is CC(C)(C)N=Cc1c(Br)n(CC2=C(C#Cc3ccccc3)CCC2)c2ccccc12. The normalized spacial score (nSPS) is 14.5. The van der Waals surface area contributed by atoms with E-state index in [1.165, 1.54) is 28.5 Å². The molecular weight excluding hydrogens is 432 g/mol. The molecule has 1 aliphatic rings. The van der Waals surface area contributed by atoms with Crippen LogP contribution in [0.2, 0.25) is 0 Å². The summed E-state index contributed by atoms with van der Waals surface area (Å²) in [5, 5.41) is 1.23. The first-order valence-electron chi connectivity index (χ1n) is 10.5. The van der Waals surface area contributed by atoms with Crippen molar-refractivity contribution in [2.24, 2.45) is 4.99 Å². The monoisotopic (exact) mass is 458 g/mol. The second kappa shape index (κ2) is 8.66. The van der Waals surface area contributed by atoms with E-state index in [0.29, 0.717) is 0 Å². The number of hydrogen-bond donors (Lipinski definition) is 0. The molecule has 0 fully saturated rings. The molecule has 0 unspecified atom stereocenters. The van der Waals surface area contributed by atoms with E-state index in [9.17, 15) is 0 Å². The van der Waals surface area contributed by atoms with Gasteiger partial charge >= 0.3 is 0 Å². The molecule has 1 aliphatic carbocycles. The molecule has 30 heavy (non-hydrogen) atoms. The number of aliphatic imine (C=N–C) groups is 1. The second-order valence-corrected chi connectivity index (χ2v) is 9.54. The number of hydrogen-bond acceptors (Lipinski definition) is 1. The lowest BCUT2D eigenvalue weighted by molar-refractivity contribution is 0.586. The van der Waals surface area contributed by atoms with Crippen LogP contribution in [0.4, 0.5) is 0 Å². The van der Waals surface area contributed by atoms with Gasteiger partial charge in [0.05, 0.1) is 10.1 Å². The third-order valence-electron chi connectivity index (χ3n) is 5.34. The van der Waals surface area contributed by atoms with Crippen LogP contribution in [0.25, 0.3) is 10.9 Å². The molecule has 0 saturated carbocycles. The maximum atomic E-state index is 4.76. The molecule has 1 heterocycles. The third kappa shape index (κ3) is 4.60. The van der Waals surface area contributed by atoms with Crippen molar-refractivity contribution in [3.05, 3.63) is 81.5 Å². The minimum Gasteiger partial charge on any atom is -0.330 e. The molecule has 0 radical (unpaired) electrons. The van der Waals surface area contributed by atoms with Crippen molar-refractivity contribution in [1.82, 2.24) is 4.57 Å². The summed E-state index contributed by atoms with van der Waals surface area (Å²) < 4.78 is 3.45. The number of rotatable bonds is 3. The lowest BCUT2D eigenvalue weighted by Gasteiger charge is -2.11. The van der Waals surface area contributed by atoms with Crippen LogP contribution in [0, 0.1) is 11.8 Å². The summed E-state index contributed by atoms with van der Waals surface area (Å²) >= 11 is 3.88. The van der Waals surface area contributed by atoms with Crippen LogP contribution < -0.4 is 0 Å². The minimum atomic E-state index is -0.100. The molecule has 152 valence electrons. The van der Waals surface area contributed by atoms with E-state index in [1.807, 2.05) is 24.4 Å². The Balaban J connectivity index is 1.72. The van der Waals surface area contributed by atoms with Gasteiger partial charge in [-0.15, -0.1) is 0 Å². The van der Waals surface area contributed by atoms with E-state index < -0.39 is 0 Å². The van der Waals surface area contributed by atoms with Crippen LogP contribution in [0.15, 0.2) is 75.3 Å². The molecule has 2 aromatic carbocycles. The third-order valence-corrected chi connectivity index (χ3v) is 6.19. The summed E-state index contributed by atoms with van der Waals surface area (Å²) in [5.41, 5.74) is 6.10. The Morgan fingerprint density at radius 2 is 1.73 bits per heavy atom. The maximum absolute atomic E-state index is 4.76. The molecule has 0 aliphatic heterocycles. The lowest BCUT2D eigenvalue weighted by Crippen LogP contribution is -2.09. The standard InChI is InChI=1S/C27H27BrN2/c1-27(2,3)29-18-24-23-14-7-8-15-25(23)30(26(24)28)19-22-13-9-12-21(22)17-16-20-10-5-4-6-11-20/h4-8,10-11,14-15,18H,9,12-13,19H2,1-3H3. The van der Waals surface area contributed by atoms with Gasteiger partial charge in [-0.05, 0) is 79.7 Å². The number of benzene rings is 2. The van der Waals surface area contributed by atoms with Gasteiger partial charge in [0.25, 0.3) is 0 Å². The zero-order chi connectivity index (χ0) is 21.1. The largest absolute Gasteiger partial charge is 0.330 e. The van der Waals surface area contributed by atoms with E-state index in [2.05, 4.69) is 89.5 Å². The number of aromatic nitrogens is 1. The van der Waals surface area contributed by atoms with Gasteiger partial charge in [-0.25, -0.2) is 0 Å². The molecule has 0 spiro atoms. The first kappa shape index (κ1) is 20.7. The van der Waals surface area contributed by atoms with Crippen LogP contribution in [-0.2, 0) is 6.54 Å². The van der Waals surface area contributed by atoms with Gasteiger partial charge in [0.1, 0.15) is 0 Å². The van der Waals surface area contributed by atoms with Crippen molar-refractivity contribution in [2.75, 3.05) is 0 Å². The summed E-state index contributed by atoms with van der Waals surface area (Å²) in [6.07, 6.45) is 5.39. The number of nitrogens with zero attached hydrogens (tertiary/aromatic N) is 2. The molecule has 3 heteroatoms. The van der Waals surface area contributed by atoms with Crippen LogP contribution in [0.3, 0.4) is 0 Å². The number of fused-ring (bicyclic) bond motifs is 1. The Morgan fingerprint density at radius 1 is 1.00 bits per heavy atom. The maximum Gasteiger partial charge on any atom is 0.0949 e. The van der Waals surface area contributed by atoms with Crippen LogP contribution in [0.5, 0.6) is 0 Å². The van der Waals surface area contributed by atoms with Crippen molar-refractivity contribution in [3.63, 3.8) is 0 Å². The van der Waals surface area contributed by atoms with E-state index in [1.54, 1.807) is 0 Å². The van der Waals surface area contributed by atoms with Crippen molar-refractivity contribution in [1.29, 1.82) is 0 Å². The number of para-hydroxylation sites is 1. The van der Waals surface area contributed by atoms with Gasteiger partial charge in [0.2, 0.25) is 0 Å². The molecular formula is C27H27BrN2. The van der Waals surface area contributed by atoms with E-state index in [-0.39, 0.29) is 5.54 Å². The predicted molar refractivity (Wildman–Crippen MR) is 131 cm³/mol. The molecule has 1 aromatic heterocycles. The topological polar surface area (TPSA) is 17.3 Å². The van der Waals surface area contributed by atoms with Crippen molar-refractivity contribution < 1.29 is 0 Å². The molecule has 2 nitrogen and oxygen atoms in total. The Morgan fingerprint density at radius 3 is 2.50 bits per heavy atom. The molecule has 0 amide bonds. The molecule has 0 atom stereocenters. The van der Waals surface area contributed by atoms with Crippen molar-refractivity contribution in [3.8, 4) is 11.8 Å². The van der Waals surface area contributed by atoms with E-state index in [4.69, 9.17) is 4.99 Å². The van der Waals surface area contributed by atoms with Gasteiger partial charge in [-0.1, -0.05) is 48.2 Å². The quantitative estimate of drug-likeness (QED) is 0.292. The average Bonchev–Trinajstić information content (AvgIpc) is 3.28. The number of halogens is 1. The zero-order valence-corrected chi connectivity index (χ0v) is 19.5. The predicted octanol–water partition coefficient (Wildman–Crippen LogP) is 7.15. The van der Waals surface area contributed by atoms with E-state index >= 15 is 0 Å². The van der Waals surface area contributed by atoms with Gasteiger partial charge < -0.3 is 4.57 Å². The summed E-state index contributed by atoms with van der Waals surface area (Å²) in [4.78, 5) is 4.76. The van der Waals surface area contributed by atoms with Gasteiger partial charge in [-0.2, -0.15) is 0 Å². The van der Waals surface area contributed by atoms with Crippen molar-refractivity contribution >= 4 is 33.0 Å². The zero-order valence-electron chi connectivity index (χ0n) is 17.9. The minimum absolute atomic E-state index is 0.100. The first-order chi connectivity index (χ1) is 14.4. The first-order valence-corrected chi connectivity index (χ1v) is 11.3. The fourth-order valence-corrected chi connectivity index (χ4v) is 4.46. The molecule has 0 N–H and O–H groups in total. The highest BCUT2D eigenvalue weighted by atomic mass is 79.9. The molecule has 0 saturated heterocycles. The highest BCUT2D eigenvalue weighted by Gasteiger charge is 2.19. The van der Waals surface area contributed by atoms with Gasteiger partial charge in [-0.3, -0.25) is 4.99 Å². The highest BCUT2D eigenvalue weighted by Crippen LogP contribution is 2.34. The average molecular weight is 459 g/mol. The summed E-state index contributed by atoms with van der Waals surface area (Å²) in [6.45, 7) is 7.23. The fraction of sp³-hybridized carbons (Fsp3) is 0.296. The molecule has 0 bridgehead atoms. The summed E-state index contributed by atoms with van der Waals surface area (Å²) in [5.74, 6) is 6.81. The highest BCUT2D eigenvalue weighted by molar-refractivity contribution is 9.10. The van der Waals surface area contributed by atoms with Crippen molar-refractivity contribution in [2.45, 2.75) is 52.1 Å². The Bertz CT molecular complexity index is 1180.